The van der Waals surface area contributed by atoms with Gasteiger partial charge in [-0.2, -0.15) is 0 Å². The number of nitrogens with one attached hydrogen (secondary N) is 2. The summed E-state index contributed by atoms with van der Waals surface area (Å²) < 4.78 is 5.41. The molecule has 2 N–H and O–H groups in total. The van der Waals surface area contributed by atoms with Crippen molar-refractivity contribution in [1.82, 2.24) is 20.4 Å². The Morgan fingerprint density at radius 3 is 2.81 bits per heavy atom. The first-order valence-corrected chi connectivity index (χ1v) is 9.58. The molecule has 0 spiro atoms. The minimum atomic E-state index is 0.477. The van der Waals surface area contributed by atoms with Gasteiger partial charge in [0.1, 0.15) is 5.75 Å². The molecule has 1 aliphatic rings. The molecule has 1 saturated heterocycles. The number of hydrogen-bond acceptors (Lipinski definition) is 4. The number of aliphatic imine (C=N–C) groups is 1. The van der Waals surface area contributed by atoms with Crippen molar-refractivity contribution in [2.45, 2.75) is 26.3 Å². The number of aryl methyl sites for hydroxylation is 1. The molecule has 1 aliphatic heterocycles. The number of nitrogens with zero attached hydrogens (tertiary/aromatic N) is 3. The van der Waals surface area contributed by atoms with Crippen molar-refractivity contribution in [3.63, 3.8) is 0 Å². The van der Waals surface area contributed by atoms with Crippen molar-refractivity contribution < 1.29 is 4.74 Å². The van der Waals surface area contributed by atoms with Crippen LogP contribution in [-0.2, 0) is 6.42 Å². The third-order valence-electron chi connectivity index (χ3n) is 4.96. The zero-order chi connectivity index (χ0) is 18.9. The first-order valence-electron chi connectivity index (χ1n) is 9.58. The minimum Gasteiger partial charge on any atom is -0.496 e. The minimum absolute atomic E-state index is 0.477. The summed E-state index contributed by atoms with van der Waals surface area (Å²) in [6.45, 7) is 10.0. The van der Waals surface area contributed by atoms with E-state index < -0.39 is 0 Å². The second kappa shape index (κ2) is 10.4. The number of guanidine groups is 1. The van der Waals surface area contributed by atoms with Crippen molar-refractivity contribution in [2.24, 2.45) is 4.99 Å². The Labute approximate surface area is 158 Å². The van der Waals surface area contributed by atoms with Gasteiger partial charge in [0.15, 0.2) is 5.96 Å². The number of rotatable bonds is 7. The number of benzene rings is 1. The summed E-state index contributed by atoms with van der Waals surface area (Å²) >= 11 is 0. The topological polar surface area (TPSA) is 52.1 Å². The molecule has 146 valence electrons. The Hall–Kier alpha value is -1.79. The van der Waals surface area contributed by atoms with Crippen LogP contribution in [0.1, 0.15) is 18.1 Å². The van der Waals surface area contributed by atoms with E-state index in [1.54, 1.807) is 7.11 Å². The fraction of sp³-hybridized carbons (Fsp3) is 0.650. The van der Waals surface area contributed by atoms with E-state index >= 15 is 0 Å². The van der Waals surface area contributed by atoms with Gasteiger partial charge in [-0.05, 0) is 51.6 Å². The summed E-state index contributed by atoms with van der Waals surface area (Å²) in [4.78, 5) is 9.59. The number of methoxy groups -OCH3 is 1. The molecule has 1 unspecified atom stereocenters. The van der Waals surface area contributed by atoms with Crippen molar-refractivity contribution in [3.05, 3.63) is 29.3 Å². The normalized spacial score (nSPS) is 19.4. The number of hydrogen-bond donors (Lipinski definition) is 2. The third kappa shape index (κ3) is 6.18. The van der Waals surface area contributed by atoms with Gasteiger partial charge in [-0.1, -0.05) is 12.1 Å². The molecule has 6 heteroatoms. The van der Waals surface area contributed by atoms with Crippen molar-refractivity contribution in [1.29, 1.82) is 0 Å². The van der Waals surface area contributed by atoms with Crippen molar-refractivity contribution in [2.75, 3.05) is 60.5 Å². The van der Waals surface area contributed by atoms with Crippen LogP contribution < -0.4 is 15.4 Å². The quantitative estimate of drug-likeness (QED) is 0.567. The fourth-order valence-electron chi connectivity index (χ4n) is 3.18. The van der Waals surface area contributed by atoms with E-state index in [0.29, 0.717) is 6.04 Å². The van der Waals surface area contributed by atoms with Crippen LogP contribution in [0.5, 0.6) is 5.75 Å². The molecule has 0 radical (unpaired) electrons. The molecule has 1 aromatic carbocycles. The van der Waals surface area contributed by atoms with Crippen LogP contribution in [0.25, 0.3) is 0 Å². The first-order chi connectivity index (χ1) is 12.5. The Morgan fingerprint density at radius 1 is 1.27 bits per heavy atom. The number of ether oxygens (including phenoxy) is 1. The van der Waals surface area contributed by atoms with Crippen molar-refractivity contribution in [3.8, 4) is 5.75 Å². The molecule has 6 nitrogen and oxygen atoms in total. The van der Waals surface area contributed by atoms with Crippen molar-refractivity contribution >= 4 is 5.96 Å². The molecule has 2 rings (SSSR count). The molecular formula is C20H35N5O. The van der Waals surface area contributed by atoms with E-state index in [0.717, 1.165) is 57.4 Å². The lowest BCUT2D eigenvalue weighted by molar-refractivity contribution is 0.119. The predicted octanol–water partition coefficient (Wildman–Crippen LogP) is 1.35. The average molecular weight is 362 g/mol. The molecule has 0 bridgehead atoms. The summed E-state index contributed by atoms with van der Waals surface area (Å²) in [5.74, 6) is 1.85. The smallest absolute Gasteiger partial charge is 0.191 e. The monoisotopic (exact) mass is 361 g/mol. The number of likely N-dealkylation sites (N-methyl/N-ethyl adjacent to an activating group) is 2. The molecule has 0 aromatic heterocycles. The van der Waals surface area contributed by atoms with Gasteiger partial charge in [0.25, 0.3) is 0 Å². The standard InChI is InChI=1S/C20H35N5O/c1-6-21-20(23-14-18-15-24(3)11-12-25(18)4)22-10-9-17-8-7-16(2)19(13-17)26-5/h7-8,13,18H,6,9-12,14-15H2,1-5H3,(H2,21,22,23). The molecule has 1 atom stereocenters. The van der Waals surface area contributed by atoms with Gasteiger partial charge >= 0.3 is 0 Å². The maximum atomic E-state index is 5.41. The predicted molar refractivity (Wildman–Crippen MR) is 109 cm³/mol. The Morgan fingerprint density at radius 2 is 2.08 bits per heavy atom. The Bertz CT molecular complexity index is 590. The van der Waals surface area contributed by atoms with E-state index in [1.807, 2.05) is 0 Å². The fourth-order valence-corrected chi connectivity index (χ4v) is 3.18. The maximum absolute atomic E-state index is 5.41. The number of piperazine rings is 1. The summed E-state index contributed by atoms with van der Waals surface area (Å²) in [7, 11) is 6.10. The summed E-state index contributed by atoms with van der Waals surface area (Å²) in [6, 6.07) is 6.87. The van der Waals surface area contributed by atoms with Crippen LogP contribution in [0.4, 0.5) is 0 Å². The maximum Gasteiger partial charge on any atom is 0.191 e. The van der Waals surface area contributed by atoms with Gasteiger partial charge < -0.3 is 20.3 Å². The highest BCUT2D eigenvalue weighted by Crippen LogP contribution is 2.19. The van der Waals surface area contributed by atoms with E-state index in [9.17, 15) is 0 Å². The summed E-state index contributed by atoms with van der Waals surface area (Å²) in [6.07, 6.45) is 0.938. The lowest BCUT2D eigenvalue weighted by Gasteiger charge is -2.36. The van der Waals surface area contributed by atoms with Gasteiger partial charge in [0.2, 0.25) is 0 Å². The lowest BCUT2D eigenvalue weighted by atomic mass is 10.1. The average Bonchev–Trinajstić information content (AvgIpc) is 2.63. The van der Waals surface area contributed by atoms with Crippen LogP contribution in [0.2, 0.25) is 0 Å². The van der Waals surface area contributed by atoms with Crippen LogP contribution in [0, 0.1) is 6.92 Å². The third-order valence-corrected chi connectivity index (χ3v) is 4.96. The zero-order valence-corrected chi connectivity index (χ0v) is 17.0. The summed E-state index contributed by atoms with van der Waals surface area (Å²) in [5.41, 5.74) is 2.44. The zero-order valence-electron chi connectivity index (χ0n) is 17.0. The van der Waals surface area contributed by atoms with Gasteiger partial charge in [-0.3, -0.25) is 9.89 Å². The first kappa shape index (κ1) is 20.5. The molecule has 1 fully saturated rings. The van der Waals surface area contributed by atoms with Crippen LogP contribution in [0.3, 0.4) is 0 Å². The Kier molecular flexibility index (Phi) is 8.19. The van der Waals surface area contributed by atoms with Crippen LogP contribution in [-0.4, -0.2) is 82.3 Å². The highest BCUT2D eigenvalue weighted by Gasteiger charge is 2.21. The Balaban J connectivity index is 1.87. The highest BCUT2D eigenvalue weighted by atomic mass is 16.5. The summed E-state index contributed by atoms with van der Waals surface area (Å²) in [5, 5.41) is 6.80. The molecule has 26 heavy (non-hydrogen) atoms. The van der Waals surface area contributed by atoms with E-state index in [4.69, 9.17) is 9.73 Å². The highest BCUT2D eigenvalue weighted by molar-refractivity contribution is 5.79. The largest absolute Gasteiger partial charge is 0.496 e. The molecule has 0 aliphatic carbocycles. The SMILES string of the molecule is CCNC(=NCC1CN(C)CCN1C)NCCc1ccc(C)c(OC)c1. The molecule has 1 heterocycles. The van der Waals surface area contributed by atoms with E-state index in [1.165, 1.54) is 11.1 Å². The molecular weight excluding hydrogens is 326 g/mol. The molecule has 0 amide bonds. The second-order valence-electron chi connectivity index (χ2n) is 7.10. The van der Waals surface area contributed by atoms with Gasteiger partial charge in [-0.15, -0.1) is 0 Å². The second-order valence-corrected chi connectivity index (χ2v) is 7.10. The van der Waals surface area contributed by atoms with Gasteiger partial charge in [-0.25, -0.2) is 0 Å². The molecule has 0 saturated carbocycles. The molecule has 1 aromatic rings. The van der Waals surface area contributed by atoms with Crippen LogP contribution in [0.15, 0.2) is 23.2 Å². The van der Waals surface area contributed by atoms with E-state index in [2.05, 4.69) is 66.6 Å². The van der Waals surface area contributed by atoms with Crippen LogP contribution >= 0.6 is 0 Å². The van der Waals surface area contributed by atoms with Gasteiger partial charge in [0.05, 0.1) is 13.7 Å². The van der Waals surface area contributed by atoms with Gasteiger partial charge in [0, 0.05) is 38.8 Å². The van der Waals surface area contributed by atoms with E-state index in [-0.39, 0.29) is 0 Å². The lowest BCUT2D eigenvalue weighted by Crippen LogP contribution is -2.51.